The molecule has 2 aromatic rings. The highest BCUT2D eigenvalue weighted by Crippen LogP contribution is 2.29. The van der Waals surface area contributed by atoms with E-state index < -0.39 is 0 Å². The van der Waals surface area contributed by atoms with Gasteiger partial charge in [0.1, 0.15) is 5.76 Å². The second-order valence-electron chi connectivity index (χ2n) is 7.65. The summed E-state index contributed by atoms with van der Waals surface area (Å²) in [4.78, 5) is 15.0. The highest BCUT2D eigenvalue weighted by Gasteiger charge is 2.28. The van der Waals surface area contributed by atoms with E-state index in [1.807, 2.05) is 36.4 Å². The zero-order valence-corrected chi connectivity index (χ0v) is 16.3. The maximum absolute atomic E-state index is 12.6. The van der Waals surface area contributed by atoms with Gasteiger partial charge < -0.3 is 9.73 Å². The van der Waals surface area contributed by atoms with Crippen molar-refractivity contribution < 1.29 is 9.21 Å². The predicted octanol–water partition coefficient (Wildman–Crippen LogP) is 4.55. The fraction of sp³-hybridized carbons (Fsp3) is 0.476. The van der Waals surface area contributed by atoms with E-state index in [2.05, 4.69) is 24.1 Å². The third-order valence-corrected chi connectivity index (χ3v) is 5.43. The third-order valence-electron chi connectivity index (χ3n) is 5.17. The average Bonchev–Trinajstić information content (AvgIpc) is 3.29. The number of amides is 1. The molecule has 26 heavy (non-hydrogen) atoms. The molecule has 5 heteroatoms. The molecule has 1 amide bonds. The number of halogens is 1. The summed E-state index contributed by atoms with van der Waals surface area (Å²) in [6.07, 6.45) is 4.53. The molecule has 2 heterocycles. The van der Waals surface area contributed by atoms with Crippen molar-refractivity contribution in [3.8, 4) is 0 Å². The largest absolute Gasteiger partial charge is 0.468 e. The van der Waals surface area contributed by atoms with Crippen LogP contribution >= 0.6 is 11.6 Å². The number of carbonyl (C=O) groups is 1. The van der Waals surface area contributed by atoms with Crippen LogP contribution in [0.5, 0.6) is 0 Å². The number of carbonyl (C=O) groups excluding carboxylic acids is 1. The molecule has 0 aliphatic carbocycles. The van der Waals surface area contributed by atoms with Crippen LogP contribution in [0.2, 0.25) is 5.02 Å². The fourth-order valence-electron chi connectivity index (χ4n) is 3.62. The first-order valence-corrected chi connectivity index (χ1v) is 9.64. The van der Waals surface area contributed by atoms with Crippen LogP contribution in [-0.2, 0) is 10.2 Å². The van der Waals surface area contributed by atoms with Gasteiger partial charge in [0.25, 0.3) is 0 Å². The molecule has 3 rings (SSSR count). The summed E-state index contributed by atoms with van der Waals surface area (Å²) in [5.74, 6) is 0.977. The number of nitrogens with one attached hydrogen (secondary N) is 1. The Morgan fingerprint density at radius 3 is 2.54 bits per heavy atom. The molecule has 0 radical (unpaired) electrons. The zero-order chi connectivity index (χ0) is 18.6. The SMILES string of the molecule is CC(C)(CC(=O)NCC(c1ccco1)N1CCCC1)c1ccc(Cl)cc1. The Morgan fingerprint density at radius 2 is 1.92 bits per heavy atom. The van der Waals surface area contributed by atoms with E-state index in [-0.39, 0.29) is 17.4 Å². The summed E-state index contributed by atoms with van der Waals surface area (Å²) >= 11 is 5.97. The van der Waals surface area contributed by atoms with Crippen LogP contribution in [0.4, 0.5) is 0 Å². The van der Waals surface area contributed by atoms with Crippen molar-refractivity contribution in [2.24, 2.45) is 0 Å². The molecular weight excluding hydrogens is 348 g/mol. The summed E-state index contributed by atoms with van der Waals surface area (Å²) in [5, 5.41) is 3.83. The molecule has 0 bridgehead atoms. The van der Waals surface area contributed by atoms with Gasteiger partial charge in [-0.15, -0.1) is 0 Å². The van der Waals surface area contributed by atoms with E-state index in [0.29, 0.717) is 18.0 Å². The number of nitrogens with zero attached hydrogens (tertiary/aromatic N) is 1. The zero-order valence-electron chi connectivity index (χ0n) is 15.5. The smallest absolute Gasteiger partial charge is 0.220 e. The Balaban J connectivity index is 1.60. The molecule has 0 saturated carbocycles. The Kier molecular flexibility index (Phi) is 6.05. The van der Waals surface area contributed by atoms with Gasteiger partial charge in [-0.2, -0.15) is 0 Å². The van der Waals surface area contributed by atoms with Crippen molar-refractivity contribution >= 4 is 17.5 Å². The predicted molar refractivity (Wildman–Crippen MR) is 104 cm³/mol. The highest BCUT2D eigenvalue weighted by molar-refractivity contribution is 6.30. The van der Waals surface area contributed by atoms with Crippen molar-refractivity contribution in [1.82, 2.24) is 10.2 Å². The van der Waals surface area contributed by atoms with Gasteiger partial charge in [0, 0.05) is 18.0 Å². The summed E-state index contributed by atoms with van der Waals surface area (Å²) < 4.78 is 5.62. The van der Waals surface area contributed by atoms with Gasteiger partial charge in [0.15, 0.2) is 0 Å². The van der Waals surface area contributed by atoms with Crippen molar-refractivity contribution in [3.63, 3.8) is 0 Å². The second kappa shape index (κ2) is 8.28. The Hall–Kier alpha value is -1.78. The summed E-state index contributed by atoms with van der Waals surface area (Å²) in [7, 11) is 0. The van der Waals surface area contributed by atoms with E-state index in [4.69, 9.17) is 16.0 Å². The topological polar surface area (TPSA) is 45.5 Å². The van der Waals surface area contributed by atoms with Crippen LogP contribution in [0.3, 0.4) is 0 Å². The number of hydrogen-bond donors (Lipinski definition) is 1. The van der Waals surface area contributed by atoms with Gasteiger partial charge in [-0.25, -0.2) is 0 Å². The molecule has 1 fully saturated rings. The van der Waals surface area contributed by atoms with Crippen LogP contribution in [0.1, 0.15) is 50.5 Å². The molecular formula is C21H27ClN2O2. The van der Waals surface area contributed by atoms with Crippen molar-refractivity contribution in [1.29, 1.82) is 0 Å². The summed E-state index contributed by atoms with van der Waals surface area (Å²) in [6.45, 7) is 6.85. The summed E-state index contributed by atoms with van der Waals surface area (Å²) in [6, 6.07) is 11.7. The molecule has 1 N–H and O–H groups in total. The maximum atomic E-state index is 12.6. The van der Waals surface area contributed by atoms with Crippen LogP contribution in [0.15, 0.2) is 47.1 Å². The average molecular weight is 375 g/mol. The number of furan rings is 1. The molecule has 1 aromatic heterocycles. The quantitative estimate of drug-likeness (QED) is 0.773. The van der Waals surface area contributed by atoms with Crippen LogP contribution in [0, 0.1) is 0 Å². The van der Waals surface area contributed by atoms with E-state index >= 15 is 0 Å². The van der Waals surface area contributed by atoms with Gasteiger partial charge in [0.2, 0.25) is 5.91 Å². The van der Waals surface area contributed by atoms with E-state index in [9.17, 15) is 4.79 Å². The highest BCUT2D eigenvalue weighted by atomic mass is 35.5. The van der Waals surface area contributed by atoms with Gasteiger partial charge in [-0.1, -0.05) is 37.6 Å². The third kappa shape index (κ3) is 4.68. The minimum Gasteiger partial charge on any atom is -0.468 e. The van der Waals surface area contributed by atoms with Gasteiger partial charge in [0.05, 0.1) is 12.3 Å². The molecule has 0 spiro atoms. The van der Waals surface area contributed by atoms with Crippen LogP contribution in [-0.4, -0.2) is 30.4 Å². The molecule has 140 valence electrons. The maximum Gasteiger partial charge on any atom is 0.220 e. The monoisotopic (exact) mass is 374 g/mol. The molecule has 1 aromatic carbocycles. The van der Waals surface area contributed by atoms with Crippen LogP contribution < -0.4 is 5.32 Å². The van der Waals surface area contributed by atoms with Gasteiger partial charge >= 0.3 is 0 Å². The Morgan fingerprint density at radius 1 is 1.23 bits per heavy atom. The first-order chi connectivity index (χ1) is 12.5. The lowest BCUT2D eigenvalue weighted by Crippen LogP contribution is -2.38. The normalized spacial score (nSPS) is 16.6. The van der Waals surface area contributed by atoms with Crippen LogP contribution in [0.25, 0.3) is 0 Å². The van der Waals surface area contributed by atoms with E-state index in [1.165, 1.54) is 12.8 Å². The molecule has 4 nitrogen and oxygen atoms in total. The lowest BCUT2D eigenvalue weighted by atomic mass is 9.81. The molecule has 1 saturated heterocycles. The number of rotatable bonds is 7. The summed E-state index contributed by atoms with van der Waals surface area (Å²) in [5.41, 5.74) is 0.863. The van der Waals surface area contributed by atoms with Crippen molar-refractivity contribution in [2.75, 3.05) is 19.6 Å². The molecule has 1 unspecified atom stereocenters. The minimum atomic E-state index is -0.248. The standard InChI is InChI=1S/C21H27ClN2O2/c1-21(2,16-7-9-17(22)10-8-16)14-20(25)23-15-18(19-6-5-13-26-19)24-11-3-4-12-24/h5-10,13,18H,3-4,11-12,14-15H2,1-2H3,(H,23,25). The fourth-order valence-corrected chi connectivity index (χ4v) is 3.75. The van der Waals surface area contributed by atoms with Gasteiger partial charge in [-0.05, 0) is 61.2 Å². The van der Waals surface area contributed by atoms with Crippen molar-refractivity contribution in [3.05, 3.63) is 59.0 Å². The number of benzene rings is 1. The lowest BCUT2D eigenvalue weighted by molar-refractivity contribution is -0.122. The van der Waals surface area contributed by atoms with Crippen molar-refractivity contribution in [2.45, 2.75) is 44.6 Å². The Bertz CT molecular complexity index is 704. The lowest BCUT2D eigenvalue weighted by Gasteiger charge is -2.28. The second-order valence-corrected chi connectivity index (χ2v) is 8.08. The van der Waals surface area contributed by atoms with E-state index in [0.717, 1.165) is 24.4 Å². The molecule has 1 aliphatic heterocycles. The first kappa shape index (κ1) is 19.0. The van der Waals surface area contributed by atoms with E-state index in [1.54, 1.807) is 6.26 Å². The molecule has 1 atom stereocenters. The van der Waals surface area contributed by atoms with Gasteiger partial charge in [-0.3, -0.25) is 9.69 Å². The first-order valence-electron chi connectivity index (χ1n) is 9.26. The number of hydrogen-bond acceptors (Lipinski definition) is 3. The Labute approximate surface area is 160 Å². The number of likely N-dealkylation sites (tertiary alicyclic amines) is 1. The molecule has 1 aliphatic rings. The minimum absolute atomic E-state index is 0.0562.